The molecular weight excluding hydrogens is 360 g/mol. The summed E-state index contributed by atoms with van der Waals surface area (Å²) < 4.78 is 1.90. The third-order valence-electron chi connectivity index (χ3n) is 5.88. The van der Waals surface area contributed by atoms with Crippen LogP contribution in [0, 0.1) is 0 Å². The first-order valence-corrected chi connectivity index (χ1v) is 10.3. The van der Waals surface area contributed by atoms with Crippen LogP contribution in [0.25, 0.3) is 5.69 Å². The van der Waals surface area contributed by atoms with Crippen LogP contribution >= 0.6 is 0 Å². The van der Waals surface area contributed by atoms with Crippen LogP contribution in [-0.2, 0) is 24.8 Å². The number of urea groups is 1. The van der Waals surface area contributed by atoms with Crippen LogP contribution in [0.4, 0.5) is 16.3 Å². The first-order chi connectivity index (χ1) is 13.9. The summed E-state index contributed by atoms with van der Waals surface area (Å²) in [6.45, 7) is 6.95. The van der Waals surface area contributed by atoms with E-state index in [9.17, 15) is 4.79 Å². The van der Waals surface area contributed by atoms with Gasteiger partial charge in [-0.3, -0.25) is 4.90 Å². The Labute approximate surface area is 171 Å². The molecule has 0 atom stereocenters. The van der Waals surface area contributed by atoms with Crippen molar-refractivity contribution in [2.75, 3.05) is 10.2 Å². The first-order valence-electron chi connectivity index (χ1n) is 10.3. The number of fused-ring (bicyclic) bond motifs is 4. The molecule has 0 radical (unpaired) electrons. The van der Waals surface area contributed by atoms with Crippen molar-refractivity contribution >= 4 is 17.5 Å². The number of nitrogens with zero attached hydrogens (tertiary/aromatic N) is 3. The quantitative estimate of drug-likeness (QED) is 0.624. The van der Waals surface area contributed by atoms with Crippen LogP contribution in [0.15, 0.2) is 48.5 Å². The molecular formula is C24H26N4O. The Morgan fingerprint density at radius 2 is 1.79 bits per heavy atom. The minimum absolute atomic E-state index is 0.0958. The molecule has 0 saturated carbocycles. The fourth-order valence-corrected chi connectivity index (χ4v) is 4.23. The minimum atomic E-state index is -0.126. The summed E-state index contributed by atoms with van der Waals surface area (Å²) in [5.41, 5.74) is 6.62. The normalized spacial score (nSPS) is 14.9. The number of amides is 2. The number of para-hydroxylation sites is 1. The molecule has 2 heterocycles. The van der Waals surface area contributed by atoms with Gasteiger partial charge in [-0.25, -0.2) is 9.48 Å². The summed E-state index contributed by atoms with van der Waals surface area (Å²) in [5.74, 6) is 0.812. The lowest BCUT2D eigenvalue weighted by atomic mass is 9.92. The molecule has 2 aliphatic rings. The van der Waals surface area contributed by atoms with E-state index in [-0.39, 0.29) is 11.4 Å². The molecule has 5 nitrogen and oxygen atoms in total. The number of aromatic nitrogens is 2. The van der Waals surface area contributed by atoms with Gasteiger partial charge in [0.25, 0.3) is 0 Å². The molecule has 1 N–H and O–H groups in total. The van der Waals surface area contributed by atoms with Crippen molar-refractivity contribution in [1.82, 2.24) is 9.78 Å². The maximum absolute atomic E-state index is 13.3. The van der Waals surface area contributed by atoms with Gasteiger partial charge in [-0.05, 0) is 54.2 Å². The zero-order valence-electron chi connectivity index (χ0n) is 17.2. The van der Waals surface area contributed by atoms with Crippen molar-refractivity contribution in [3.63, 3.8) is 0 Å². The molecule has 148 valence electrons. The van der Waals surface area contributed by atoms with E-state index >= 15 is 0 Å². The van der Waals surface area contributed by atoms with Crippen LogP contribution in [0.3, 0.4) is 0 Å². The van der Waals surface area contributed by atoms with E-state index in [1.54, 1.807) is 4.90 Å². The summed E-state index contributed by atoms with van der Waals surface area (Å²) in [6, 6.07) is 16.3. The third kappa shape index (κ3) is 3.11. The molecule has 1 aliphatic carbocycles. The zero-order chi connectivity index (χ0) is 20.2. The van der Waals surface area contributed by atoms with Crippen LogP contribution in [0.2, 0.25) is 0 Å². The third-order valence-corrected chi connectivity index (χ3v) is 5.88. The predicted octanol–water partition coefficient (Wildman–Crippen LogP) is 5.21. The molecule has 3 aromatic rings. The largest absolute Gasteiger partial charge is 0.327 e. The topological polar surface area (TPSA) is 50.2 Å². The maximum Gasteiger partial charge on any atom is 0.327 e. The molecule has 29 heavy (non-hydrogen) atoms. The van der Waals surface area contributed by atoms with Crippen LogP contribution in [-0.4, -0.2) is 15.8 Å². The van der Waals surface area contributed by atoms with Gasteiger partial charge in [0.2, 0.25) is 0 Å². The Morgan fingerprint density at radius 3 is 2.62 bits per heavy atom. The van der Waals surface area contributed by atoms with E-state index < -0.39 is 0 Å². The van der Waals surface area contributed by atoms with Gasteiger partial charge < -0.3 is 5.32 Å². The molecule has 0 spiro atoms. The van der Waals surface area contributed by atoms with Gasteiger partial charge in [0.15, 0.2) is 0 Å². The van der Waals surface area contributed by atoms with Crippen molar-refractivity contribution in [2.24, 2.45) is 0 Å². The van der Waals surface area contributed by atoms with Crippen molar-refractivity contribution in [3.05, 3.63) is 70.9 Å². The highest BCUT2D eigenvalue weighted by Crippen LogP contribution is 2.34. The average Bonchev–Trinajstić information content (AvgIpc) is 3.34. The smallest absolute Gasteiger partial charge is 0.307 e. The van der Waals surface area contributed by atoms with E-state index in [4.69, 9.17) is 5.10 Å². The summed E-state index contributed by atoms with van der Waals surface area (Å²) in [7, 11) is 0. The van der Waals surface area contributed by atoms with Gasteiger partial charge in [0.05, 0.1) is 17.9 Å². The van der Waals surface area contributed by atoms with Gasteiger partial charge in [0.1, 0.15) is 5.82 Å². The Kier molecular flexibility index (Phi) is 4.02. The number of rotatable bonds is 1. The molecule has 1 aromatic heterocycles. The molecule has 0 fully saturated rings. The standard InChI is InChI=1S/C24H26N4O/c1-24(2,3)21-14-22-27(15-18-7-4-5-10-20(18)28(22)26-21)23(29)25-19-12-11-16-8-6-9-17(16)13-19/h4-5,7,10-14H,6,8-9,15H2,1-3H3,(H,25,29). The summed E-state index contributed by atoms with van der Waals surface area (Å²) in [4.78, 5) is 15.1. The van der Waals surface area contributed by atoms with Crippen LogP contribution in [0.5, 0.6) is 0 Å². The monoisotopic (exact) mass is 386 g/mol. The molecule has 5 rings (SSSR count). The molecule has 0 bridgehead atoms. The van der Waals surface area contributed by atoms with Crippen molar-refractivity contribution in [1.29, 1.82) is 0 Å². The van der Waals surface area contributed by atoms with Crippen molar-refractivity contribution in [3.8, 4) is 5.69 Å². The SMILES string of the molecule is CC(C)(C)c1cc2n(n1)-c1ccccc1CN2C(=O)Nc1ccc2c(c1)CCC2. The fraction of sp³-hybridized carbons (Fsp3) is 0.333. The number of carbonyl (C=O) groups excluding carboxylic acids is 1. The summed E-state index contributed by atoms with van der Waals surface area (Å²) in [5, 5.41) is 7.95. The van der Waals surface area contributed by atoms with Gasteiger partial charge in [-0.2, -0.15) is 5.10 Å². The second-order valence-electron chi connectivity index (χ2n) is 9.03. The zero-order valence-corrected chi connectivity index (χ0v) is 17.2. The Morgan fingerprint density at radius 1 is 1.00 bits per heavy atom. The maximum atomic E-state index is 13.3. The minimum Gasteiger partial charge on any atom is -0.307 e. The molecule has 2 amide bonds. The second kappa shape index (κ2) is 6.48. The fourth-order valence-electron chi connectivity index (χ4n) is 4.23. The van der Waals surface area contributed by atoms with Crippen molar-refractivity contribution < 1.29 is 4.79 Å². The van der Waals surface area contributed by atoms with Gasteiger partial charge in [-0.15, -0.1) is 0 Å². The van der Waals surface area contributed by atoms with Crippen molar-refractivity contribution in [2.45, 2.75) is 52.0 Å². The first kappa shape index (κ1) is 18.0. The number of benzene rings is 2. The van der Waals surface area contributed by atoms with Crippen LogP contribution < -0.4 is 10.2 Å². The Hall–Kier alpha value is -3.08. The highest BCUT2D eigenvalue weighted by atomic mass is 16.2. The van der Waals surface area contributed by atoms with E-state index in [0.717, 1.165) is 41.3 Å². The number of hydrogen-bond donors (Lipinski definition) is 1. The number of hydrogen-bond acceptors (Lipinski definition) is 2. The molecule has 5 heteroatoms. The highest BCUT2D eigenvalue weighted by Gasteiger charge is 2.31. The highest BCUT2D eigenvalue weighted by molar-refractivity contribution is 6.02. The average molecular weight is 386 g/mol. The van der Waals surface area contributed by atoms with Gasteiger partial charge in [0, 0.05) is 17.2 Å². The molecule has 0 unspecified atom stereocenters. The lowest BCUT2D eigenvalue weighted by Gasteiger charge is -2.29. The molecule has 0 saturated heterocycles. The van der Waals surface area contributed by atoms with Gasteiger partial charge >= 0.3 is 6.03 Å². The predicted molar refractivity (Wildman–Crippen MR) is 116 cm³/mol. The van der Waals surface area contributed by atoms with E-state index in [0.29, 0.717) is 6.54 Å². The molecule has 2 aromatic carbocycles. The van der Waals surface area contributed by atoms with E-state index in [1.165, 1.54) is 17.5 Å². The summed E-state index contributed by atoms with van der Waals surface area (Å²) >= 11 is 0. The number of nitrogens with one attached hydrogen (secondary N) is 1. The second-order valence-corrected chi connectivity index (χ2v) is 9.03. The number of carbonyl (C=O) groups is 1. The van der Waals surface area contributed by atoms with E-state index in [1.807, 2.05) is 28.9 Å². The van der Waals surface area contributed by atoms with E-state index in [2.05, 4.69) is 50.4 Å². The Balaban J connectivity index is 1.51. The number of aryl methyl sites for hydroxylation is 2. The van der Waals surface area contributed by atoms with Gasteiger partial charge in [-0.1, -0.05) is 45.0 Å². The number of anilines is 2. The lowest BCUT2D eigenvalue weighted by molar-refractivity contribution is 0.256. The lowest BCUT2D eigenvalue weighted by Crippen LogP contribution is -2.38. The summed E-state index contributed by atoms with van der Waals surface area (Å²) in [6.07, 6.45) is 3.43. The Bertz CT molecular complexity index is 1110. The molecule has 1 aliphatic heterocycles. The van der Waals surface area contributed by atoms with Crippen LogP contribution in [0.1, 0.15) is 49.6 Å².